The topological polar surface area (TPSA) is 148 Å². The first-order valence-electron chi connectivity index (χ1n) is 10.0. The van der Waals surface area contributed by atoms with Gasteiger partial charge < -0.3 is 10.2 Å². The molecule has 0 aromatic heterocycles. The van der Waals surface area contributed by atoms with E-state index in [1.807, 2.05) is 54.4 Å². The molecule has 3 rings (SSSR count). The van der Waals surface area contributed by atoms with Crippen molar-refractivity contribution in [1.82, 2.24) is 0 Å². The van der Waals surface area contributed by atoms with E-state index in [9.17, 15) is 25.4 Å². The van der Waals surface area contributed by atoms with Gasteiger partial charge in [-0.15, -0.1) is 10.2 Å². The Morgan fingerprint density at radius 1 is 1.06 bits per heavy atom. The number of rotatable bonds is 7. The minimum atomic E-state index is -0.692. The number of nitriles is 2. The molecule has 0 saturated heterocycles. The first-order valence-corrected chi connectivity index (χ1v) is 10.0. The van der Waals surface area contributed by atoms with Crippen molar-refractivity contribution in [2.75, 3.05) is 17.3 Å². The van der Waals surface area contributed by atoms with Gasteiger partial charge in [0.15, 0.2) is 0 Å². The number of carbonyl (C=O) groups excluding carboxylic acids is 1. The summed E-state index contributed by atoms with van der Waals surface area (Å²) in [5.41, 5.74) is 1.81. The predicted octanol–water partition coefficient (Wildman–Crippen LogP) is 5.35. The van der Waals surface area contributed by atoms with E-state index < -0.39 is 10.6 Å². The molecular formula is C24H19N7O3. The zero-order chi connectivity index (χ0) is 24.7. The molecule has 3 aromatic rings. The fourth-order valence-electron chi connectivity index (χ4n) is 3.19. The Kier molecular flexibility index (Phi) is 7.27. The molecule has 3 aromatic carbocycles. The van der Waals surface area contributed by atoms with E-state index in [0.717, 1.165) is 23.4 Å². The van der Waals surface area contributed by atoms with Crippen LogP contribution in [0.1, 0.15) is 23.6 Å². The third-order valence-electron chi connectivity index (χ3n) is 4.80. The molecule has 168 valence electrons. The molecule has 0 unspecified atom stereocenters. The van der Waals surface area contributed by atoms with Crippen LogP contribution in [0.5, 0.6) is 0 Å². The van der Waals surface area contributed by atoms with E-state index in [1.54, 1.807) is 18.2 Å². The Balaban J connectivity index is 1.98. The summed E-state index contributed by atoms with van der Waals surface area (Å²) in [6.45, 7) is 2.00. The largest absolute Gasteiger partial charge is 0.370 e. The lowest BCUT2D eigenvalue weighted by atomic mass is 10.1. The molecule has 0 atom stereocenters. The van der Waals surface area contributed by atoms with Crippen molar-refractivity contribution in [3.05, 3.63) is 87.5 Å². The highest BCUT2D eigenvalue weighted by atomic mass is 16.6. The van der Waals surface area contributed by atoms with E-state index in [4.69, 9.17) is 0 Å². The molecule has 0 aliphatic carbocycles. The van der Waals surface area contributed by atoms with Gasteiger partial charge in [-0.1, -0.05) is 30.3 Å². The summed E-state index contributed by atoms with van der Waals surface area (Å²) in [6, 6.07) is 20.8. The second-order valence-electron chi connectivity index (χ2n) is 7.29. The quantitative estimate of drug-likeness (QED) is 0.290. The lowest BCUT2D eigenvalue weighted by Gasteiger charge is -2.21. The van der Waals surface area contributed by atoms with Gasteiger partial charge in [0, 0.05) is 38.3 Å². The third kappa shape index (κ3) is 5.58. The zero-order valence-corrected chi connectivity index (χ0v) is 18.4. The van der Waals surface area contributed by atoms with Gasteiger partial charge in [0.2, 0.25) is 5.91 Å². The van der Waals surface area contributed by atoms with Crippen molar-refractivity contribution in [3.8, 4) is 12.1 Å². The maximum absolute atomic E-state index is 11.8. The van der Waals surface area contributed by atoms with Gasteiger partial charge in [0.05, 0.1) is 21.7 Å². The average molecular weight is 453 g/mol. The number of carbonyl (C=O) groups is 1. The van der Waals surface area contributed by atoms with Gasteiger partial charge in [0.1, 0.15) is 23.5 Å². The van der Waals surface area contributed by atoms with Crippen LogP contribution in [0.25, 0.3) is 0 Å². The highest BCUT2D eigenvalue weighted by molar-refractivity contribution is 5.93. The van der Waals surface area contributed by atoms with Crippen molar-refractivity contribution in [1.29, 1.82) is 10.5 Å². The van der Waals surface area contributed by atoms with Gasteiger partial charge in [-0.2, -0.15) is 10.5 Å². The number of nitrogens with zero attached hydrogens (tertiary/aromatic N) is 6. The molecule has 34 heavy (non-hydrogen) atoms. The van der Waals surface area contributed by atoms with Crippen molar-refractivity contribution in [2.24, 2.45) is 10.2 Å². The van der Waals surface area contributed by atoms with E-state index in [0.29, 0.717) is 12.2 Å². The van der Waals surface area contributed by atoms with Crippen LogP contribution in [0, 0.1) is 32.8 Å². The number of azo groups is 1. The Labute approximate surface area is 195 Å². The van der Waals surface area contributed by atoms with Gasteiger partial charge in [-0.05, 0) is 23.8 Å². The summed E-state index contributed by atoms with van der Waals surface area (Å²) in [6.07, 6.45) is 0. The molecule has 0 aliphatic heterocycles. The Hall–Kier alpha value is -5.09. The third-order valence-corrected chi connectivity index (χ3v) is 4.80. The summed E-state index contributed by atoms with van der Waals surface area (Å²) in [5.74, 6) is -0.315. The van der Waals surface area contributed by atoms with Gasteiger partial charge in [-0.3, -0.25) is 14.9 Å². The second-order valence-corrected chi connectivity index (χ2v) is 7.29. The molecular weight excluding hydrogens is 434 g/mol. The maximum atomic E-state index is 11.8. The standard InChI is InChI=1S/C24H19N7O3/c1-16(32)27-23-12-20(30(2)15-17-6-4-3-5-7-17)8-9-22(23)28-29-24-18(13-25)10-21(31(33)34)11-19(24)14-26/h3-12H,15H2,1-2H3,(H,27,32)/b29-28+. The first kappa shape index (κ1) is 23.6. The normalized spacial score (nSPS) is 10.4. The Morgan fingerprint density at radius 3 is 2.26 bits per heavy atom. The number of nitrogens with one attached hydrogen (secondary N) is 1. The Morgan fingerprint density at radius 2 is 1.71 bits per heavy atom. The predicted molar refractivity (Wildman–Crippen MR) is 126 cm³/mol. The van der Waals surface area contributed by atoms with Crippen molar-refractivity contribution >= 4 is 34.3 Å². The van der Waals surface area contributed by atoms with Crippen LogP contribution in [-0.4, -0.2) is 17.9 Å². The van der Waals surface area contributed by atoms with Crippen LogP contribution >= 0.6 is 0 Å². The van der Waals surface area contributed by atoms with Gasteiger partial charge in [-0.25, -0.2) is 0 Å². The van der Waals surface area contributed by atoms with Crippen LogP contribution in [0.15, 0.2) is 70.9 Å². The fraction of sp³-hybridized carbons (Fsp3) is 0.125. The molecule has 0 fully saturated rings. The van der Waals surface area contributed by atoms with Gasteiger partial charge >= 0.3 is 0 Å². The zero-order valence-electron chi connectivity index (χ0n) is 18.4. The smallest absolute Gasteiger partial charge is 0.272 e. The fourth-order valence-corrected chi connectivity index (χ4v) is 3.19. The lowest BCUT2D eigenvalue weighted by molar-refractivity contribution is -0.384. The number of non-ortho nitro benzene ring substituents is 1. The number of anilines is 2. The molecule has 0 saturated carbocycles. The molecule has 0 aliphatic rings. The van der Waals surface area contributed by atoms with Crippen molar-refractivity contribution in [2.45, 2.75) is 13.5 Å². The average Bonchev–Trinajstić information content (AvgIpc) is 2.82. The molecule has 0 radical (unpaired) electrons. The minimum Gasteiger partial charge on any atom is -0.370 e. The molecule has 0 heterocycles. The summed E-state index contributed by atoms with van der Waals surface area (Å²) in [7, 11) is 1.91. The van der Waals surface area contributed by atoms with Gasteiger partial charge in [0.25, 0.3) is 5.69 Å². The summed E-state index contributed by atoms with van der Waals surface area (Å²) >= 11 is 0. The van der Waals surface area contributed by atoms with Crippen LogP contribution in [0.2, 0.25) is 0 Å². The van der Waals surface area contributed by atoms with Crippen molar-refractivity contribution in [3.63, 3.8) is 0 Å². The number of nitro benzene ring substituents is 1. The number of amides is 1. The highest BCUT2D eigenvalue weighted by Gasteiger charge is 2.17. The summed E-state index contributed by atoms with van der Waals surface area (Å²) < 4.78 is 0. The minimum absolute atomic E-state index is 0.0883. The van der Waals surface area contributed by atoms with Crippen molar-refractivity contribution < 1.29 is 9.72 Å². The van der Waals surface area contributed by atoms with E-state index in [-0.39, 0.29) is 28.4 Å². The number of nitro groups is 1. The molecule has 1 N–H and O–H groups in total. The van der Waals surface area contributed by atoms with Crippen LogP contribution in [0.4, 0.5) is 28.4 Å². The summed E-state index contributed by atoms with van der Waals surface area (Å²) in [5, 5.41) is 40.7. The number of benzene rings is 3. The van der Waals surface area contributed by atoms with E-state index in [2.05, 4.69) is 15.5 Å². The maximum Gasteiger partial charge on any atom is 0.272 e. The molecule has 1 amide bonds. The van der Waals surface area contributed by atoms with E-state index >= 15 is 0 Å². The van der Waals surface area contributed by atoms with Crippen LogP contribution in [-0.2, 0) is 11.3 Å². The monoisotopic (exact) mass is 453 g/mol. The number of hydrogen-bond donors (Lipinski definition) is 1. The Bertz CT molecular complexity index is 1320. The van der Waals surface area contributed by atoms with E-state index in [1.165, 1.54) is 6.92 Å². The summed E-state index contributed by atoms with van der Waals surface area (Å²) in [4.78, 5) is 24.1. The van der Waals surface area contributed by atoms with Crippen LogP contribution in [0.3, 0.4) is 0 Å². The molecule has 0 spiro atoms. The second kappa shape index (κ2) is 10.5. The van der Waals surface area contributed by atoms with Crippen LogP contribution < -0.4 is 10.2 Å². The molecule has 10 nitrogen and oxygen atoms in total. The molecule has 10 heteroatoms. The lowest BCUT2D eigenvalue weighted by Crippen LogP contribution is -2.16. The highest BCUT2D eigenvalue weighted by Crippen LogP contribution is 2.34. The first-order chi connectivity index (χ1) is 16.3. The number of hydrogen-bond acceptors (Lipinski definition) is 8. The SMILES string of the molecule is CC(=O)Nc1cc(N(C)Cc2ccccc2)ccc1/N=N/c1c(C#N)cc([N+](=O)[O-])cc1C#N. The molecule has 0 bridgehead atoms.